The minimum Gasteiger partial charge on any atom is -0.448 e. The molecule has 1 unspecified atom stereocenters. The van der Waals surface area contributed by atoms with Crippen molar-refractivity contribution in [3.05, 3.63) is 20.9 Å². The van der Waals surface area contributed by atoms with Gasteiger partial charge >= 0.3 is 5.97 Å². The molecule has 1 aromatic rings. The van der Waals surface area contributed by atoms with Gasteiger partial charge in [0.25, 0.3) is 5.91 Å². The molecule has 0 aliphatic rings. The Morgan fingerprint density at radius 2 is 1.95 bits per heavy atom. The highest BCUT2D eigenvalue weighted by Gasteiger charge is 2.24. The highest BCUT2D eigenvalue weighted by atomic mass is 35.5. The van der Waals surface area contributed by atoms with Crippen molar-refractivity contribution in [1.29, 1.82) is 0 Å². The zero-order valence-electron chi connectivity index (χ0n) is 11.4. The van der Waals surface area contributed by atoms with E-state index >= 15 is 0 Å². The zero-order chi connectivity index (χ0) is 16.2. The van der Waals surface area contributed by atoms with Gasteiger partial charge in [-0.3, -0.25) is 4.79 Å². The van der Waals surface area contributed by atoms with Crippen molar-refractivity contribution >= 4 is 52.4 Å². The molecule has 1 amide bonds. The van der Waals surface area contributed by atoms with E-state index in [0.29, 0.717) is 6.54 Å². The van der Waals surface area contributed by atoms with Gasteiger partial charge < -0.3 is 15.8 Å². The lowest BCUT2D eigenvalue weighted by atomic mass is 10.3. The fourth-order valence-electron chi connectivity index (χ4n) is 1.33. The van der Waals surface area contributed by atoms with Gasteiger partial charge in [0.1, 0.15) is 5.02 Å². The summed E-state index contributed by atoms with van der Waals surface area (Å²) in [5, 5.41) is 2.20. The number of pyridine rings is 1. The van der Waals surface area contributed by atoms with Gasteiger partial charge in [0.05, 0.1) is 10.7 Å². The van der Waals surface area contributed by atoms with Gasteiger partial charge in [-0.2, -0.15) is 0 Å². The largest absolute Gasteiger partial charge is 0.448 e. The minimum atomic E-state index is -1.00. The number of carbonyl (C=O) groups is 2. The number of anilines is 1. The molecule has 3 N–H and O–H groups in total. The first-order valence-electron chi connectivity index (χ1n) is 6.08. The predicted molar refractivity (Wildman–Crippen MR) is 81.9 cm³/mol. The fraction of sp³-hybridized carbons (Fsp3) is 0.417. The summed E-state index contributed by atoms with van der Waals surface area (Å²) in [6.45, 7) is 3.82. The van der Waals surface area contributed by atoms with Crippen LogP contribution in [0.5, 0.6) is 0 Å². The highest BCUT2D eigenvalue weighted by molar-refractivity contribution is 6.46. The monoisotopic (exact) mass is 353 g/mol. The average Bonchev–Trinajstić information content (AvgIpc) is 2.45. The lowest BCUT2D eigenvalue weighted by Gasteiger charge is -2.14. The Labute approximate surface area is 136 Å². The first-order chi connectivity index (χ1) is 9.79. The molecule has 6 nitrogen and oxygen atoms in total. The van der Waals surface area contributed by atoms with E-state index in [1.54, 1.807) is 0 Å². The molecule has 9 heteroatoms. The van der Waals surface area contributed by atoms with E-state index in [1.165, 1.54) is 6.92 Å². The van der Waals surface area contributed by atoms with Crippen LogP contribution in [0.15, 0.2) is 0 Å². The number of aromatic nitrogens is 1. The summed E-state index contributed by atoms with van der Waals surface area (Å²) in [4.78, 5) is 27.3. The third-order valence-electron chi connectivity index (χ3n) is 2.47. The lowest BCUT2D eigenvalue weighted by molar-refractivity contribution is -0.129. The first kappa shape index (κ1) is 17.8. The SMILES string of the molecule is CCCNC(=O)C(C)OC(=O)c1nc(Cl)c(Cl)c(N)c1Cl. The molecule has 0 aliphatic heterocycles. The molecule has 0 radical (unpaired) electrons. The van der Waals surface area contributed by atoms with Crippen LogP contribution in [0.25, 0.3) is 0 Å². The normalized spacial score (nSPS) is 11.9. The summed E-state index contributed by atoms with van der Waals surface area (Å²) in [7, 11) is 0. The second-order valence-corrected chi connectivity index (χ2v) is 5.25. The Kier molecular flexibility index (Phi) is 6.51. The van der Waals surface area contributed by atoms with E-state index < -0.39 is 18.0 Å². The molecule has 116 valence electrons. The number of nitrogens with one attached hydrogen (secondary N) is 1. The molecular formula is C12H14Cl3N3O3. The predicted octanol–water partition coefficient (Wildman–Crippen LogP) is 2.70. The van der Waals surface area contributed by atoms with Gasteiger partial charge in [-0.1, -0.05) is 41.7 Å². The number of esters is 1. The number of carbonyl (C=O) groups excluding carboxylic acids is 2. The summed E-state index contributed by atoms with van der Waals surface area (Å²) in [5.74, 6) is -1.33. The summed E-state index contributed by atoms with van der Waals surface area (Å²) in [6.07, 6.45) is -0.235. The maximum Gasteiger partial charge on any atom is 0.359 e. The number of nitrogens with two attached hydrogens (primary N) is 1. The summed E-state index contributed by atoms with van der Waals surface area (Å²) in [6, 6.07) is 0. The minimum absolute atomic E-state index is 0.0491. The number of hydrogen-bond acceptors (Lipinski definition) is 5. The maximum absolute atomic E-state index is 12.0. The Bertz CT molecular complexity index is 566. The molecule has 0 saturated carbocycles. The maximum atomic E-state index is 12.0. The number of ether oxygens (including phenoxy) is 1. The lowest BCUT2D eigenvalue weighted by Crippen LogP contribution is -2.36. The molecular weight excluding hydrogens is 341 g/mol. The quantitative estimate of drug-likeness (QED) is 0.626. The Morgan fingerprint density at radius 3 is 2.52 bits per heavy atom. The van der Waals surface area contributed by atoms with Crippen molar-refractivity contribution in [3.8, 4) is 0 Å². The standard InChI is InChI=1S/C12H14Cl3N3O3/c1-3-4-17-11(19)5(2)21-12(20)9-6(13)8(16)7(14)10(15)18-9/h5H,3-4H2,1-2H3,(H2,16,18)(H,17,19). The van der Waals surface area contributed by atoms with E-state index in [0.717, 1.165) is 6.42 Å². The molecule has 21 heavy (non-hydrogen) atoms. The molecule has 1 atom stereocenters. The topological polar surface area (TPSA) is 94.3 Å². The third-order valence-corrected chi connectivity index (χ3v) is 3.60. The molecule has 0 spiro atoms. The summed E-state index contributed by atoms with van der Waals surface area (Å²) < 4.78 is 4.97. The first-order valence-corrected chi connectivity index (χ1v) is 7.21. The number of nitrogens with zero attached hydrogens (tertiary/aromatic N) is 1. The van der Waals surface area contributed by atoms with E-state index in [-0.39, 0.29) is 26.6 Å². The van der Waals surface area contributed by atoms with Crippen LogP contribution in [-0.4, -0.2) is 29.5 Å². The van der Waals surface area contributed by atoms with Crippen molar-refractivity contribution in [2.45, 2.75) is 26.4 Å². The second-order valence-electron chi connectivity index (χ2n) is 4.13. The summed E-state index contributed by atoms with van der Waals surface area (Å²) in [5.41, 5.74) is 5.23. The summed E-state index contributed by atoms with van der Waals surface area (Å²) >= 11 is 17.4. The van der Waals surface area contributed by atoms with Gasteiger partial charge in [-0.05, 0) is 13.3 Å². The molecule has 0 fully saturated rings. The van der Waals surface area contributed by atoms with Gasteiger partial charge in [-0.15, -0.1) is 0 Å². The molecule has 1 heterocycles. The van der Waals surface area contributed by atoms with Crippen LogP contribution < -0.4 is 11.1 Å². The third kappa shape index (κ3) is 4.36. The van der Waals surface area contributed by atoms with Crippen LogP contribution in [0.3, 0.4) is 0 Å². The van der Waals surface area contributed by atoms with Gasteiger partial charge in [0.2, 0.25) is 0 Å². The van der Waals surface area contributed by atoms with Crippen LogP contribution in [0.1, 0.15) is 30.8 Å². The number of halogens is 3. The molecule has 0 aliphatic carbocycles. The average molecular weight is 355 g/mol. The van der Waals surface area contributed by atoms with Crippen molar-refractivity contribution < 1.29 is 14.3 Å². The van der Waals surface area contributed by atoms with Crippen molar-refractivity contribution in [2.24, 2.45) is 0 Å². The van der Waals surface area contributed by atoms with Crippen molar-refractivity contribution in [1.82, 2.24) is 10.3 Å². The number of nitrogen functional groups attached to an aromatic ring is 1. The van der Waals surface area contributed by atoms with Crippen LogP contribution in [0.4, 0.5) is 5.69 Å². The van der Waals surface area contributed by atoms with Crippen molar-refractivity contribution in [3.63, 3.8) is 0 Å². The smallest absolute Gasteiger partial charge is 0.359 e. The van der Waals surface area contributed by atoms with Crippen LogP contribution >= 0.6 is 34.8 Å². The van der Waals surface area contributed by atoms with E-state index in [9.17, 15) is 9.59 Å². The Balaban J connectivity index is 2.88. The zero-order valence-corrected chi connectivity index (χ0v) is 13.6. The fourth-order valence-corrected chi connectivity index (χ4v) is 1.91. The van der Waals surface area contributed by atoms with Gasteiger partial charge in [0.15, 0.2) is 17.0 Å². The highest BCUT2D eigenvalue weighted by Crippen LogP contribution is 2.34. The molecule has 1 aromatic heterocycles. The number of rotatable bonds is 5. The second kappa shape index (κ2) is 7.68. The Hall–Kier alpha value is -1.24. The van der Waals surface area contributed by atoms with Gasteiger partial charge in [-0.25, -0.2) is 9.78 Å². The van der Waals surface area contributed by atoms with E-state index in [1.807, 2.05) is 6.92 Å². The molecule has 0 saturated heterocycles. The molecule has 0 bridgehead atoms. The number of hydrogen-bond donors (Lipinski definition) is 2. The number of amides is 1. The van der Waals surface area contributed by atoms with E-state index in [4.69, 9.17) is 45.3 Å². The van der Waals surface area contributed by atoms with Crippen molar-refractivity contribution in [2.75, 3.05) is 12.3 Å². The van der Waals surface area contributed by atoms with Crippen LogP contribution in [0.2, 0.25) is 15.2 Å². The Morgan fingerprint density at radius 1 is 1.33 bits per heavy atom. The van der Waals surface area contributed by atoms with Gasteiger partial charge in [0, 0.05) is 6.54 Å². The molecule has 0 aromatic carbocycles. The van der Waals surface area contributed by atoms with Crippen LogP contribution in [-0.2, 0) is 9.53 Å². The van der Waals surface area contributed by atoms with E-state index in [2.05, 4.69) is 10.3 Å². The molecule has 1 rings (SSSR count). The van der Waals surface area contributed by atoms with Crippen LogP contribution in [0, 0.1) is 0 Å².